The van der Waals surface area contributed by atoms with Gasteiger partial charge in [0.05, 0.1) is 29.8 Å². The second-order valence-corrected chi connectivity index (χ2v) is 23.4. The molecular formula is C61H64F9N9O7S. The molecular weight excluding hydrogens is 1170 g/mol. The molecule has 5 amide bonds. The van der Waals surface area contributed by atoms with Gasteiger partial charge in [0.25, 0.3) is 17.7 Å². The first-order chi connectivity index (χ1) is 41.5. The van der Waals surface area contributed by atoms with Crippen molar-refractivity contribution in [1.29, 1.82) is 0 Å². The molecule has 464 valence electrons. The van der Waals surface area contributed by atoms with E-state index >= 15 is 0 Å². The first-order valence-electron chi connectivity index (χ1n) is 29.0. The fourth-order valence-electron chi connectivity index (χ4n) is 12.6. The van der Waals surface area contributed by atoms with E-state index in [1.54, 1.807) is 48.8 Å². The van der Waals surface area contributed by atoms with Crippen LogP contribution >= 0.6 is 11.5 Å². The molecule has 6 aromatic rings. The number of hydrogen-bond acceptors (Lipinski definition) is 12. The van der Waals surface area contributed by atoms with Crippen LogP contribution in [0.1, 0.15) is 168 Å². The number of nitrogens with zero attached hydrogens (tertiary/aromatic N) is 8. The van der Waals surface area contributed by atoms with Gasteiger partial charge in [-0.3, -0.25) is 24.0 Å². The predicted molar refractivity (Wildman–Crippen MR) is 298 cm³/mol. The molecule has 0 unspecified atom stereocenters. The van der Waals surface area contributed by atoms with Gasteiger partial charge < -0.3 is 38.9 Å². The highest BCUT2D eigenvalue weighted by atomic mass is 32.1. The number of benzene rings is 3. The van der Waals surface area contributed by atoms with Gasteiger partial charge in [-0.25, -0.2) is 0 Å². The van der Waals surface area contributed by atoms with Crippen LogP contribution in [0.25, 0.3) is 0 Å². The van der Waals surface area contributed by atoms with Gasteiger partial charge >= 0.3 is 18.5 Å². The lowest BCUT2D eigenvalue weighted by molar-refractivity contribution is -0.139. The molecule has 12 rings (SSSR count). The standard InChI is InChI=1S/2C21H22F3N3O3.C19H20F3N3OS/c1-13(28)27-11-8-18-16(12-27)19(25-30-18)20(29)26-9-6-14(7-10-26)15-4-2-3-5-17(15)21(22,23)24;1-13(28)27-11-8-16-18(12-27)30-25-19(16)20(29)26-9-6-14(7-10-26)15-4-2-3-5-17(15)21(22,23)24;20-19(21,22)15-4-2-1-3-13(15)12-6-9-25(10-7-12)18(26)17-14-11-23-8-5-16(14)27-24-17/h2*2-5,14H,6-12H2,1H3;1-4,12,23H,5-11H2. The lowest BCUT2D eigenvalue weighted by Gasteiger charge is -2.33. The number of carbonyl (C=O) groups excluding carboxylic acids is 5. The Kier molecular flexibility index (Phi) is 18.7. The Bertz CT molecular complexity index is 3480. The van der Waals surface area contributed by atoms with Gasteiger partial charge in [0.1, 0.15) is 11.5 Å². The number of piperidine rings is 3. The summed E-state index contributed by atoms with van der Waals surface area (Å²) in [6.07, 6.45) is -8.39. The van der Waals surface area contributed by atoms with Gasteiger partial charge in [-0.15, -0.1) is 0 Å². The zero-order chi connectivity index (χ0) is 62.0. The molecule has 3 aromatic heterocycles. The van der Waals surface area contributed by atoms with Crippen LogP contribution in [0.5, 0.6) is 0 Å². The summed E-state index contributed by atoms with van der Waals surface area (Å²) < 4.78 is 135. The van der Waals surface area contributed by atoms with Crippen molar-refractivity contribution < 1.29 is 72.5 Å². The van der Waals surface area contributed by atoms with Crippen molar-refractivity contribution in [3.63, 3.8) is 0 Å². The lowest BCUT2D eigenvalue weighted by Crippen LogP contribution is -2.40. The molecule has 0 saturated carbocycles. The van der Waals surface area contributed by atoms with Crippen molar-refractivity contribution in [2.75, 3.05) is 58.9 Å². The minimum Gasteiger partial charge on any atom is -0.360 e. The molecule has 0 radical (unpaired) electrons. The fraction of sp³-hybridized carbons (Fsp3) is 0.475. The molecule has 3 aromatic carbocycles. The summed E-state index contributed by atoms with van der Waals surface area (Å²) >= 11 is 1.38. The first kappa shape index (κ1) is 62.4. The Morgan fingerprint density at radius 3 is 1.30 bits per heavy atom. The van der Waals surface area contributed by atoms with E-state index in [1.165, 1.54) is 55.7 Å². The highest BCUT2D eigenvalue weighted by Crippen LogP contribution is 2.42. The molecule has 0 spiro atoms. The van der Waals surface area contributed by atoms with Gasteiger partial charge in [-0.05, 0) is 116 Å². The predicted octanol–water partition coefficient (Wildman–Crippen LogP) is 11.1. The van der Waals surface area contributed by atoms with Crippen LogP contribution in [0.2, 0.25) is 0 Å². The maximum atomic E-state index is 13.3. The second-order valence-electron chi connectivity index (χ2n) is 22.6. The monoisotopic (exact) mass is 1240 g/mol. The third kappa shape index (κ3) is 13.9. The highest BCUT2D eigenvalue weighted by Gasteiger charge is 2.41. The van der Waals surface area contributed by atoms with E-state index in [1.807, 2.05) is 0 Å². The minimum atomic E-state index is -4.40. The van der Waals surface area contributed by atoms with Gasteiger partial charge in [0, 0.05) is 107 Å². The van der Waals surface area contributed by atoms with Crippen molar-refractivity contribution in [2.24, 2.45) is 0 Å². The number of fused-ring (bicyclic) bond motifs is 3. The van der Waals surface area contributed by atoms with Crippen LogP contribution in [0.4, 0.5) is 39.5 Å². The fourth-order valence-corrected chi connectivity index (χ4v) is 13.4. The first-order valence-corrected chi connectivity index (χ1v) is 29.7. The maximum Gasteiger partial charge on any atom is 0.416 e. The molecule has 0 atom stereocenters. The molecule has 6 aliphatic heterocycles. The molecule has 3 saturated heterocycles. The summed E-state index contributed by atoms with van der Waals surface area (Å²) in [6.45, 7) is 8.41. The van der Waals surface area contributed by atoms with E-state index in [2.05, 4.69) is 20.0 Å². The van der Waals surface area contributed by atoms with E-state index in [-0.39, 0.29) is 70.8 Å². The van der Waals surface area contributed by atoms with Crippen molar-refractivity contribution in [2.45, 2.75) is 128 Å². The van der Waals surface area contributed by atoms with Gasteiger partial charge in [0.2, 0.25) is 11.8 Å². The molecule has 0 aliphatic carbocycles. The van der Waals surface area contributed by atoms with Crippen LogP contribution in [0.3, 0.4) is 0 Å². The van der Waals surface area contributed by atoms with Crippen LogP contribution in [0, 0.1) is 0 Å². The van der Waals surface area contributed by atoms with Crippen molar-refractivity contribution in [3.05, 3.63) is 156 Å². The Morgan fingerprint density at radius 1 is 0.471 bits per heavy atom. The summed E-state index contributed by atoms with van der Waals surface area (Å²) in [5.74, 6) is -0.355. The number of halogens is 9. The Morgan fingerprint density at radius 2 is 0.862 bits per heavy atom. The van der Waals surface area contributed by atoms with Crippen molar-refractivity contribution in [1.82, 2.24) is 44.5 Å². The molecule has 0 bridgehead atoms. The molecule has 26 heteroatoms. The summed E-state index contributed by atoms with van der Waals surface area (Å²) in [5.41, 5.74) is 2.45. The quantitative estimate of drug-likeness (QED) is 0.157. The van der Waals surface area contributed by atoms with Crippen LogP contribution in [-0.2, 0) is 67.0 Å². The van der Waals surface area contributed by atoms with Crippen molar-refractivity contribution >= 4 is 41.1 Å². The number of rotatable bonds is 6. The second kappa shape index (κ2) is 26.0. The number of amides is 5. The summed E-state index contributed by atoms with van der Waals surface area (Å²) in [5, 5.41) is 11.1. The zero-order valence-corrected chi connectivity index (χ0v) is 48.6. The maximum absolute atomic E-state index is 13.3. The van der Waals surface area contributed by atoms with Crippen LogP contribution < -0.4 is 5.32 Å². The lowest BCUT2D eigenvalue weighted by atomic mass is 9.86. The number of hydrogen-bond donors (Lipinski definition) is 1. The van der Waals surface area contributed by atoms with E-state index in [0.717, 1.165) is 47.2 Å². The molecule has 9 heterocycles. The third-order valence-electron chi connectivity index (χ3n) is 17.3. The third-order valence-corrected chi connectivity index (χ3v) is 18.3. The van der Waals surface area contributed by atoms with E-state index in [0.29, 0.717) is 151 Å². The average molecular weight is 1240 g/mol. The van der Waals surface area contributed by atoms with Crippen molar-refractivity contribution in [3.8, 4) is 0 Å². The highest BCUT2D eigenvalue weighted by molar-refractivity contribution is 7.06. The number of nitrogens with one attached hydrogen (secondary N) is 1. The minimum absolute atomic E-state index is 0.0638. The molecule has 87 heavy (non-hydrogen) atoms. The summed E-state index contributed by atoms with van der Waals surface area (Å²) in [4.78, 5) is 71.4. The van der Waals surface area contributed by atoms with Gasteiger partial charge in [-0.1, -0.05) is 64.9 Å². The number of likely N-dealkylation sites (tertiary alicyclic amines) is 3. The Hall–Kier alpha value is -7.61. The van der Waals surface area contributed by atoms with Gasteiger partial charge in [0.15, 0.2) is 17.1 Å². The molecule has 3 fully saturated rings. The smallest absolute Gasteiger partial charge is 0.360 e. The topological polar surface area (TPSA) is 179 Å². The van der Waals surface area contributed by atoms with E-state index in [9.17, 15) is 63.5 Å². The SMILES string of the molecule is CC(=O)N1CCc2c(C(=O)N3CCC(c4ccccc4C(F)(F)F)CC3)noc2C1.CC(=O)N1CCc2onc(C(=O)N3CCC(c4ccccc4C(F)(F)F)CC3)c2C1.O=C(c1nsc2c1CNCC2)N1CCC(c2ccccc2C(F)(F)F)CC1. The number of carbonyl (C=O) groups is 5. The normalized spacial score (nSPS) is 17.9. The largest absolute Gasteiger partial charge is 0.416 e. The summed E-state index contributed by atoms with van der Waals surface area (Å²) in [6, 6.07) is 17.1. The van der Waals surface area contributed by atoms with Crippen LogP contribution in [-0.4, -0.2) is 128 Å². The Labute approximate surface area is 499 Å². The van der Waals surface area contributed by atoms with Gasteiger partial charge in [-0.2, -0.15) is 43.9 Å². The van der Waals surface area contributed by atoms with E-state index in [4.69, 9.17) is 9.05 Å². The molecule has 1 N–H and O–H groups in total. The Balaban J connectivity index is 0.000000145. The molecule has 16 nitrogen and oxygen atoms in total. The molecule has 6 aliphatic rings. The number of aromatic nitrogens is 3. The summed E-state index contributed by atoms with van der Waals surface area (Å²) in [7, 11) is 0. The number of alkyl halides is 9. The van der Waals surface area contributed by atoms with E-state index < -0.39 is 35.2 Å². The zero-order valence-electron chi connectivity index (χ0n) is 47.8. The van der Waals surface area contributed by atoms with Crippen LogP contribution in [0.15, 0.2) is 81.8 Å². The average Bonchev–Trinajstić information content (AvgIpc) is 3.34.